The number of rotatable bonds is 25. The Morgan fingerprint density at radius 1 is 0.485 bits per heavy atom. The van der Waals surface area contributed by atoms with Crippen molar-refractivity contribution in [1.82, 2.24) is 60.5 Å². The van der Waals surface area contributed by atoms with Crippen LogP contribution in [-0.4, -0.2) is 262 Å². The molecule has 1 aliphatic heterocycles. The van der Waals surface area contributed by atoms with E-state index in [0.29, 0.717) is 18.1 Å². The second kappa shape index (κ2) is 42.8. The molecule has 0 spiro atoms. The zero-order valence-corrected chi connectivity index (χ0v) is 68.7. The molecule has 0 aromatic heterocycles. The highest BCUT2D eigenvalue weighted by Gasteiger charge is 2.46. The summed E-state index contributed by atoms with van der Waals surface area (Å²) in [6, 6.07) is -13.5. The number of nitrogens with zero attached hydrogens (tertiary/aromatic N) is 8. The SMILES string of the molecule is C/C=C/C[C@@H](C)C[C@H]1C(=O)N[C@@H](CC)C(=O)N(C)[C@H](CSCCCCN(CC(C)C)CC(C)(C)C)C(=O)N(C)[C@@H](CC(C)(C)O)C(=O)N[C@@H](C(C)C)C(=O)N(C)[C@@H](CC(C)C)C(=O)N[C@@H](C)C(=O)N[C@H](C)C(=O)N(C)[C@@H](CC(C)C)C(=O)N(C)[C@@H](CC(C)C)C(=O)N(C)[C@@H](C(C)C)C(=O)N1C. The number of hydrogen-bond acceptors (Lipinski definition) is 14. The van der Waals surface area contributed by atoms with E-state index in [1.54, 1.807) is 34.6 Å². The molecule has 0 aliphatic carbocycles. The average molecular weight is 1450 g/mol. The van der Waals surface area contributed by atoms with Gasteiger partial charge in [0.2, 0.25) is 65.0 Å². The molecule has 0 saturated carbocycles. The Labute approximate surface area is 613 Å². The molecular formula is C76H140N12O12S. The number of amides is 11. The number of carbonyl (C=O) groups excluding carboxylic acids is 11. The minimum atomic E-state index is -1.57. The van der Waals surface area contributed by atoms with Crippen LogP contribution in [0.5, 0.6) is 0 Å². The molecule has 1 saturated heterocycles. The van der Waals surface area contributed by atoms with Gasteiger partial charge in [-0.3, -0.25) is 52.7 Å². The number of nitrogens with one attached hydrogen (secondary N) is 4. The summed E-state index contributed by atoms with van der Waals surface area (Å²) in [4.78, 5) is 177. The molecule has 5 N–H and O–H groups in total. The second-order valence-corrected chi connectivity index (χ2v) is 34.3. The number of likely N-dealkylation sites (N-methyl/N-ethyl adjacent to an activating group) is 7. The van der Waals surface area contributed by atoms with E-state index in [1.165, 1.54) is 123 Å². The monoisotopic (exact) mass is 1450 g/mol. The van der Waals surface area contributed by atoms with Crippen LogP contribution in [0.2, 0.25) is 0 Å². The smallest absolute Gasteiger partial charge is 0.246 e. The first kappa shape index (κ1) is 93.2. The Morgan fingerprint density at radius 2 is 0.921 bits per heavy atom. The molecule has 0 aromatic carbocycles. The number of hydrogen-bond donors (Lipinski definition) is 5. The van der Waals surface area contributed by atoms with E-state index in [1.807, 2.05) is 67.5 Å². The molecular weight excluding hydrogens is 1300 g/mol. The van der Waals surface area contributed by atoms with Crippen molar-refractivity contribution in [2.75, 3.05) is 80.5 Å². The van der Waals surface area contributed by atoms with E-state index in [9.17, 15) is 24.3 Å². The van der Waals surface area contributed by atoms with Crippen molar-refractivity contribution < 1.29 is 57.8 Å². The maximum Gasteiger partial charge on any atom is 0.246 e. The minimum absolute atomic E-state index is 0.0611. The third-order valence-electron chi connectivity index (χ3n) is 18.8. The fourth-order valence-electron chi connectivity index (χ4n) is 13.1. The minimum Gasteiger partial charge on any atom is -0.390 e. The lowest BCUT2D eigenvalue weighted by molar-refractivity contribution is -0.156. The normalized spacial score (nSPS) is 25.4. The van der Waals surface area contributed by atoms with Crippen molar-refractivity contribution in [3.05, 3.63) is 12.2 Å². The lowest BCUT2D eigenvalue weighted by atomic mass is 9.93. The van der Waals surface area contributed by atoms with E-state index in [4.69, 9.17) is 0 Å². The standard InChI is InChI=1S/C76H140N12O12S/c1-30-32-35-52(15)41-57-66(91)79-55(31-2)69(94)86(28)61(44-101-37-34-33-36-88(43-49(9)10)45-75(18,19)20)72(97)85(27)60(42-76(21,22)100)67(92)80-62(50(11)12)73(98)81(23)56(38-46(3)4)65(90)77-53(16)64(89)78-54(17)68(93)83(25)58(39-47(5)6)70(95)84(26)59(40-48(7)8)71(96)87(29)63(51(13)14)74(99)82(57)24/h30,32,46-63,100H,31,33-45H2,1-29H3,(H,77,90)(H,78,89)(H,79,91)(H,80,92)/b32-30+/t52-,53+,54-,55+,56+,57+,58+,59+,60+,61-,62+,63+/m1/s1. The van der Waals surface area contributed by atoms with Gasteiger partial charge in [0.25, 0.3) is 0 Å². The van der Waals surface area contributed by atoms with Gasteiger partial charge in [-0.2, -0.15) is 11.8 Å². The number of carbonyl (C=O) groups is 11. The fraction of sp³-hybridized carbons (Fsp3) is 0.829. The summed E-state index contributed by atoms with van der Waals surface area (Å²) in [6.45, 7) is 43.6. The van der Waals surface area contributed by atoms with Crippen LogP contribution in [0.15, 0.2) is 12.2 Å². The first-order valence-electron chi connectivity index (χ1n) is 37.2. The third kappa shape index (κ3) is 30.1. The van der Waals surface area contributed by atoms with Gasteiger partial charge in [-0.25, -0.2) is 0 Å². The van der Waals surface area contributed by atoms with Crippen LogP contribution >= 0.6 is 11.8 Å². The fourth-order valence-corrected chi connectivity index (χ4v) is 14.3. The number of unbranched alkanes of at least 4 members (excludes halogenated alkanes) is 1. The van der Waals surface area contributed by atoms with E-state index in [2.05, 4.69) is 60.8 Å². The third-order valence-corrected chi connectivity index (χ3v) is 20.0. The van der Waals surface area contributed by atoms with Gasteiger partial charge in [-0.05, 0) is 145 Å². The summed E-state index contributed by atoms with van der Waals surface area (Å²) in [5.41, 5.74) is -1.48. The van der Waals surface area contributed by atoms with Gasteiger partial charge in [-0.15, -0.1) is 0 Å². The number of thioether (sulfide) groups is 1. The zero-order chi connectivity index (χ0) is 78.2. The summed E-state index contributed by atoms with van der Waals surface area (Å²) in [5, 5.41) is 22.8. The Kier molecular flexibility index (Phi) is 39.5. The number of aliphatic hydroxyl groups is 1. The van der Waals surface area contributed by atoms with E-state index >= 15 is 33.6 Å². The highest BCUT2D eigenvalue weighted by molar-refractivity contribution is 7.99. The maximum atomic E-state index is 15.6. The molecule has 0 bridgehead atoms. The Bertz CT molecular complexity index is 2730. The molecule has 1 rings (SSSR count). The summed E-state index contributed by atoms with van der Waals surface area (Å²) in [7, 11) is 10.3. The number of allylic oxidation sites excluding steroid dienone is 2. The summed E-state index contributed by atoms with van der Waals surface area (Å²) in [5.74, 6) is -7.71. The molecule has 0 unspecified atom stereocenters. The second-order valence-electron chi connectivity index (χ2n) is 33.1. The van der Waals surface area contributed by atoms with Crippen LogP contribution in [-0.2, 0) is 52.7 Å². The van der Waals surface area contributed by atoms with E-state index in [-0.39, 0.29) is 73.4 Å². The largest absolute Gasteiger partial charge is 0.390 e. The lowest BCUT2D eigenvalue weighted by Crippen LogP contribution is -2.62. The molecule has 0 radical (unpaired) electrons. The predicted molar refractivity (Wildman–Crippen MR) is 405 cm³/mol. The van der Waals surface area contributed by atoms with Crippen LogP contribution in [0, 0.1) is 46.8 Å². The summed E-state index contributed by atoms with van der Waals surface area (Å²) in [6.07, 6.45) is 6.43. The maximum absolute atomic E-state index is 15.6. The topological polar surface area (TPSA) is 282 Å². The van der Waals surface area contributed by atoms with Crippen molar-refractivity contribution in [3.63, 3.8) is 0 Å². The molecule has 25 heteroatoms. The van der Waals surface area contributed by atoms with Crippen molar-refractivity contribution in [1.29, 1.82) is 0 Å². The van der Waals surface area contributed by atoms with Crippen molar-refractivity contribution in [2.45, 2.75) is 282 Å². The quantitative estimate of drug-likeness (QED) is 0.0443. The zero-order valence-electron chi connectivity index (χ0n) is 67.9. The first-order valence-corrected chi connectivity index (χ1v) is 38.4. The lowest BCUT2D eigenvalue weighted by Gasteiger charge is -2.41. The highest BCUT2D eigenvalue weighted by atomic mass is 32.2. The van der Waals surface area contributed by atoms with Gasteiger partial charge in [-0.1, -0.05) is 130 Å². The first-order chi connectivity index (χ1) is 46.5. The van der Waals surface area contributed by atoms with Crippen LogP contribution < -0.4 is 21.3 Å². The van der Waals surface area contributed by atoms with Crippen molar-refractivity contribution in [2.24, 2.45) is 46.8 Å². The Morgan fingerprint density at radius 3 is 1.40 bits per heavy atom. The molecule has 0 aromatic rings. The van der Waals surface area contributed by atoms with Gasteiger partial charge < -0.3 is 65.6 Å². The Hall–Kier alpha value is -5.82. The highest BCUT2D eigenvalue weighted by Crippen LogP contribution is 2.27. The van der Waals surface area contributed by atoms with Crippen molar-refractivity contribution in [3.8, 4) is 0 Å². The predicted octanol–water partition coefficient (Wildman–Crippen LogP) is 7.30. The van der Waals surface area contributed by atoms with Crippen LogP contribution in [0.25, 0.3) is 0 Å². The molecule has 11 amide bonds. The molecule has 1 aliphatic rings. The molecule has 1 heterocycles. The van der Waals surface area contributed by atoms with Crippen LogP contribution in [0.3, 0.4) is 0 Å². The Balaban J connectivity index is 4.53. The average Bonchev–Trinajstić information content (AvgIpc) is 0.816. The van der Waals surface area contributed by atoms with Crippen LogP contribution in [0.1, 0.15) is 210 Å². The van der Waals surface area contributed by atoms with E-state index < -0.39 is 149 Å². The molecule has 1 fully saturated rings. The van der Waals surface area contributed by atoms with E-state index in [0.717, 1.165) is 32.5 Å². The molecule has 12 atom stereocenters. The molecule has 582 valence electrons. The summed E-state index contributed by atoms with van der Waals surface area (Å²) < 4.78 is 0. The van der Waals surface area contributed by atoms with Crippen molar-refractivity contribution >= 4 is 76.7 Å². The van der Waals surface area contributed by atoms with Gasteiger partial charge >= 0.3 is 0 Å². The van der Waals surface area contributed by atoms with Gasteiger partial charge in [0, 0.05) is 74.6 Å². The van der Waals surface area contributed by atoms with Gasteiger partial charge in [0.15, 0.2) is 0 Å². The van der Waals surface area contributed by atoms with Gasteiger partial charge in [0.05, 0.1) is 5.60 Å². The van der Waals surface area contributed by atoms with Crippen LogP contribution in [0.4, 0.5) is 0 Å². The molecule has 24 nitrogen and oxygen atoms in total. The molecule has 101 heavy (non-hydrogen) atoms. The summed E-state index contributed by atoms with van der Waals surface area (Å²) >= 11 is 1.47. The van der Waals surface area contributed by atoms with Gasteiger partial charge in [0.1, 0.15) is 66.5 Å².